The van der Waals surface area contributed by atoms with Gasteiger partial charge < -0.3 is 10.2 Å². The first-order chi connectivity index (χ1) is 9.20. The monoisotopic (exact) mass is 266 g/mol. The van der Waals surface area contributed by atoms with Crippen LogP contribution in [0.4, 0.5) is 8.78 Å². The highest BCUT2D eigenvalue weighted by Gasteiger charge is 2.31. The Morgan fingerprint density at radius 2 is 1.89 bits per heavy atom. The van der Waals surface area contributed by atoms with Crippen molar-refractivity contribution in [1.29, 1.82) is 0 Å². The van der Waals surface area contributed by atoms with Crippen molar-refractivity contribution < 1.29 is 8.78 Å². The smallest absolute Gasteiger partial charge is 0.126 e. The summed E-state index contributed by atoms with van der Waals surface area (Å²) in [6, 6.07) is 4.92. The third-order valence-corrected chi connectivity index (χ3v) is 4.34. The number of rotatable bonds is 3. The average Bonchev–Trinajstić information content (AvgIpc) is 2.82. The number of benzene rings is 1. The molecule has 2 atom stereocenters. The average molecular weight is 266 g/mol. The van der Waals surface area contributed by atoms with Gasteiger partial charge in [-0.2, -0.15) is 0 Å². The summed E-state index contributed by atoms with van der Waals surface area (Å²) in [7, 11) is 0. The van der Waals surface area contributed by atoms with Crippen molar-refractivity contribution in [1.82, 2.24) is 10.2 Å². The van der Waals surface area contributed by atoms with E-state index in [-0.39, 0.29) is 0 Å². The van der Waals surface area contributed by atoms with Gasteiger partial charge in [-0.15, -0.1) is 0 Å². The Hall–Kier alpha value is -1.00. The predicted molar refractivity (Wildman–Crippen MR) is 70.8 cm³/mol. The molecule has 19 heavy (non-hydrogen) atoms. The molecule has 1 N–H and O–H groups in total. The molecule has 2 nitrogen and oxygen atoms in total. The van der Waals surface area contributed by atoms with Crippen LogP contribution in [0.1, 0.15) is 31.2 Å². The minimum atomic E-state index is -0.498. The lowest BCUT2D eigenvalue weighted by atomic mass is 9.97. The van der Waals surface area contributed by atoms with Crippen molar-refractivity contribution in [3.8, 4) is 0 Å². The molecular weight excluding hydrogens is 246 g/mol. The Morgan fingerprint density at radius 3 is 2.68 bits per heavy atom. The van der Waals surface area contributed by atoms with Gasteiger partial charge in [-0.05, 0) is 56.5 Å². The fraction of sp³-hybridized carbons (Fsp3) is 0.600. The molecule has 0 bridgehead atoms. The highest BCUT2D eigenvalue weighted by Crippen LogP contribution is 2.26. The zero-order valence-electron chi connectivity index (χ0n) is 11.0. The van der Waals surface area contributed by atoms with Gasteiger partial charge in [-0.1, -0.05) is 0 Å². The zero-order valence-corrected chi connectivity index (χ0v) is 11.0. The summed E-state index contributed by atoms with van der Waals surface area (Å²) in [4.78, 5) is 2.57. The Balaban J connectivity index is 1.54. The summed E-state index contributed by atoms with van der Waals surface area (Å²) in [5, 5.41) is 3.44. The van der Waals surface area contributed by atoms with E-state index in [1.807, 2.05) is 0 Å². The van der Waals surface area contributed by atoms with Crippen LogP contribution in [0.2, 0.25) is 0 Å². The molecule has 0 saturated carbocycles. The molecule has 0 aliphatic carbocycles. The Bertz CT molecular complexity index is 430. The van der Waals surface area contributed by atoms with E-state index in [0.29, 0.717) is 18.2 Å². The summed E-state index contributed by atoms with van der Waals surface area (Å²) < 4.78 is 26.2. The van der Waals surface area contributed by atoms with Crippen LogP contribution in [0.25, 0.3) is 0 Å². The lowest BCUT2D eigenvalue weighted by Gasteiger charge is -2.35. The molecule has 1 aromatic carbocycles. The van der Waals surface area contributed by atoms with Crippen LogP contribution in [0.15, 0.2) is 18.2 Å². The van der Waals surface area contributed by atoms with Gasteiger partial charge >= 0.3 is 0 Å². The van der Waals surface area contributed by atoms with E-state index >= 15 is 0 Å². The molecule has 3 rings (SSSR count). The molecule has 0 amide bonds. The fourth-order valence-corrected chi connectivity index (χ4v) is 3.38. The maximum absolute atomic E-state index is 13.1. The van der Waals surface area contributed by atoms with E-state index in [1.54, 1.807) is 0 Å². The van der Waals surface area contributed by atoms with Crippen molar-refractivity contribution >= 4 is 0 Å². The Kier molecular flexibility index (Phi) is 3.80. The molecule has 0 spiro atoms. The number of fused-ring (bicyclic) bond motifs is 1. The van der Waals surface area contributed by atoms with Crippen molar-refractivity contribution in [2.75, 3.05) is 13.1 Å². The van der Waals surface area contributed by atoms with Gasteiger partial charge in [-0.3, -0.25) is 0 Å². The number of hydrogen-bond donors (Lipinski definition) is 1. The summed E-state index contributed by atoms with van der Waals surface area (Å²) in [5.41, 5.74) is 0.686. The largest absolute Gasteiger partial charge is 0.310 e. The van der Waals surface area contributed by atoms with Crippen LogP contribution >= 0.6 is 0 Å². The molecule has 0 radical (unpaired) electrons. The first kappa shape index (κ1) is 13.0. The Morgan fingerprint density at radius 1 is 1.11 bits per heavy atom. The first-order valence-electron chi connectivity index (χ1n) is 7.13. The number of nitrogens with zero attached hydrogens (tertiary/aromatic N) is 1. The maximum Gasteiger partial charge on any atom is 0.126 e. The van der Waals surface area contributed by atoms with Crippen molar-refractivity contribution in [3.05, 3.63) is 35.4 Å². The van der Waals surface area contributed by atoms with Crippen LogP contribution in [0.5, 0.6) is 0 Å². The first-order valence-corrected chi connectivity index (χ1v) is 7.13. The van der Waals surface area contributed by atoms with Crippen LogP contribution in [0.3, 0.4) is 0 Å². The minimum absolute atomic E-state index is 0.477. The molecule has 2 heterocycles. The molecule has 2 unspecified atom stereocenters. The number of halogens is 2. The molecule has 2 aliphatic rings. The summed E-state index contributed by atoms with van der Waals surface area (Å²) in [6.45, 7) is 2.94. The van der Waals surface area contributed by atoms with Gasteiger partial charge in [0.1, 0.15) is 11.6 Å². The summed E-state index contributed by atoms with van der Waals surface area (Å²) in [5.74, 6) is -0.996. The SMILES string of the molecule is Fc1cc(F)cc(CNC2CCN3CCCC3C2)c1. The second kappa shape index (κ2) is 5.55. The minimum Gasteiger partial charge on any atom is -0.310 e. The summed E-state index contributed by atoms with van der Waals surface area (Å²) in [6.07, 6.45) is 4.91. The standard InChI is InChI=1S/C15H20F2N2/c16-12-6-11(7-13(17)8-12)10-18-14-3-5-19-4-1-2-15(19)9-14/h6-8,14-15,18H,1-5,9-10H2. The van der Waals surface area contributed by atoms with Crippen LogP contribution in [0, 0.1) is 11.6 Å². The molecule has 2 aliphatic heterocycles. The van der Waals surface area contributed by atoms with E-state index in [4.69, 9.17) is 0 Å². The molecule has 4 heteroatoms. The van der Waals surface area contributed by atoms with E-state index in [2.05, 4.69) is 10.2 Å². The highest BCUT2D eigenvalue weighted by molar-refractivity contribution is 5.17. The van der Waals surface area contributed by atoms with E-state index < -0.39 is 11.6 Å². The van der Waals surface area contributed by atoms with Gasteiger partial charge in [0.05, 0.1) is 0 Å². The van der Waals surface area contributed by atoms with Gasteiger partial charge in [0, 0.05) is 24.7 Å². The quantitative estimate of drug-likeness (QED) is 0.905. The number of nitrogens with one attached hydrogen (secondary N) is 1. The van der Waals surface area contributed by atoms with Crippen molar-refractivity contribution in [2.24, 2.45) is 0 Å². The van der Waals surface area contributed by atoms with Gasteiger partial charge in [-0.25, -0.2) is 8.78 Å². The zero-order chi connectivity index (χ0) is 13.2. The van der Waals surface area contributed by atoms with Gasteiger partial charge in [0.25, 0.3) is 0 Å². The Labute approximate surface area is 112 Å². The topological polar surface area (TPSA) is 15.3 Å². The van der Waals surface area contributed by atoms with E-state index in [0.717, 1.165) is 31.5 Å². The van der Waals surface area contributed by atoms with Crippen LogP contribution in [-0.2, 0) is 6.54 Å². The van der Waals surface area contributed by atoms with Gasteiger partial charge in [0.2, 0.25) is 0 Å². The lowest BCUT2D eigenvalue weighted by Crippen LogP contribution is -2.45. The maximum atomic E-state index is 13.1. The highest BCUT2D eigenvalue weighted by atomic mass is 19.1. The van der Waals surface area contributed by atoms with Crippen molar-refractivity contribution in [3.63, 3.8) is 0 Å². The third kappa shape index (κ3) is 3.12. The molecule has 2 fully saturated rings. The molecular formula is C15H20F2N2. The number of piperidine rings is 1. The fourth-order valence-electron chi connectivity index (χ4n) is 3.38. The third-order valence-electron chi connectivity index (χ3n) is 4.34. The second-order valence-corrected chi connectivity index (χ2v) is 5.71. The van der Waals surface area contributed by atoms with Crippen molar-refractivity contribution in [2.45, 2.75) is 44.3 Å². The van der Waals surface area contributed by atoms with Crippen LogP contribution < -0.4 is 5.32 Å². The molecule has 104 valence electrons. The predicted octanol–water partition coefficient (Wildman–Crippen LogP) is 2.68. The molecule has 1 aromatic rings. The van der Waals surface area contributed by atoms with Crippen LogP contribution in [-0.4, -0.2) is 30.1 Å². The second-order valence-electron chi connectivity index (χ2n) is 5.71. The number of hydrogen-bond acceptors (Lipinski definition) is 2. The normalized spacial score (nSPS) is 27.5. The molecule has 0 aromatic heterocycles. The summed E-state index contributed by atoms with van der Waals surface area (Å²) >= 11 is 0. The lowest BCUT2D eigenvalue weighted by molar-refractivity contribution is 0.166. The van der Waals surface area contributed by atoms with E-state index in [9.17, 15) is 8.78 Å². The van der Waals surface area contributed by atoms with Gasteiger partial charge in [0.15, 0.2) is 0 Å². The molecule has 2 saturated heterocycles. The van der Waals surface area contributed by atoms with E-state index in [1.165, 1.54) is 31.5 Å².